The summed E-state index contributed by atoms with van der Waals surface area (Å²) in [6.07, 6.45) is -4.03. The van der Waals surface area contributed by atoms with Crippen LogP contribution in [0.3, 0.4) is 0 Å². The SMILES string of the molecule is O=c1[nH]c(=O)n([C@H]2O[C@@H](CO)C(O)C2O)cc1CO. The van der Waals surface area contributed by atoms with E-state index in [0.717, 1.165) is 10.8 Å². The van der Waals surface area contributed by atoms with Crippen LogP contribution < -0.4 is 11.2 Å². The van der Waals surface area contributed by atoms with Gasteiger partial charge in [0.05, 0.1) is 18.8 Å². The highest BCUT2D eigenvalue weighted by molar-refractivity contribution is 5.04. The van der Waals surface area contributed by atoms with Crippen molar-refractivity contribution in [3.05, 3.63) is 32.6 Å². The molecular weight excluding hydrogens is 260 g/mol. The first-order valence-electron chi connectivity index (χ1n) is 5.57. The van der Waals surface area contributed by atoms with Crippen LogP contribution >= 0.6 is 0 Å². The van der Waals surface area contributed by atoms with E-state index in [1.165, 1.54) is 0 Å². The normalized spacial score (nSPS) is 30.7. The Morgan fingerprint density at radius 2 is 1.95 bits per heavy atom. The van der Waals surface area contributed by atoms with Crippen LogP contribution in [0.1, 0.15) is 11.8 Å². The molecule has 1 aliphatic rings. The molecule has 9 heteroatoms. The third kappa shape index (κ3) is 2.33. The number of ether oxygens (including phenoxy) is 1. The lowest BCUT2D eigenvalue weighted by molar-refractivity contribution is -0.0552. The molecule has 1 aliphatic heterocycles. The lowest BCUT2D eigenvalue weighted by atomic mass is 10.1. The van der Waals surface area contributed by atoms with E-state index in [2.05, 4.69) is 0 Å². The Morgan fingerprint density at radius 3 is 2.47 bits per heavy atom. The number of rotatable bonds is 3. The van der Waals surface area contributed by atoms with Crippen molar-refractivity contribution >= 4 is 0 Å². The van der Waals surface area contributed by atoms with Gasteiger partial charge in [0.15, 0.2) is 6.23 Å². The molecule has 1 fully saturated rings. The van der Waals surface area contributed by atoms with Gasteiger partial charge < -0.3 is 25.2 Å². The zero-order chi connectivity index (χ0) is 14.2. The van der Waals surface area contributed by atoms with Crippen molar-refractivity contribution in [2.45, 2.75) is 31.1 Å². The maximum absolute atomic E-state index is 11.6. The molecule has 2 heterocycles. The van der Waals surface area contributed by atoms with Gasteiger partial charge in [-0.15, -0.1) is 0 Å². The predicted molar refractivity (Wildman–Crippen MR) is 60.3 cm³/mol. The van der Waals surface area contributed by atoms with Gasteiger partial charge in [0, 0.05) is 6.20 Å². The fraction of sp³-hybridized carbons (Fsp3) is 0.600. The number of H-pyrrole nitrogens is 1. The standard InChI is InChI=1S/C10H14N2O7/c13-2-4-1-12(10(18)11-8(4)17)9-7(16)6(15)5(3-14)19-9/h1,5-7,9,13-16H,2-3H2,(H,11,17,18)/t5-,6?,7?,9-/m0/s1. The van der Waals surface area contributed by atoms with Crippen LogP contribution in [0.4, 0.5) is 0 Å². The Kier molecular flexibility index (Phi) is 3.83. The lowest BCUT2D eigenvalue weighted by Gasteiger charge is -2.17. The lowest BCUT2D eigenvalue weighted by Crippen LogP contribution is -2.38. The monoisotopic (exact) mass is 274 g/mol. The number of aliphatic hydroxyl groups excluding tert-OH is 4. The highest BCUT2D eigenvalue weighted by atomic mass is 16.6. The van der Waals surface area contributed by atoms with Gasteiger partial charge in [-0.2, -0.15) is 0 Å². The van der Waals surface area contributed by atoms with Crippen LogP contribution in [0.25, 0.3) is 0 Å². The van der Waals surface area contributed by atoms with E-state index in [1.54, 1.807) is 0 Å². The molecule has 106 valence electrons. The van der Waals surface area contributed by atoms with Crippen molar-refractivity contribution in [3.63, 3.8) is 0 Å². The summed E-state index contributed by atoms with van der Waals surface area (Å²) >= 11 is 0. The molecule has 2 rings (SSSR count). The van der Waals surface area contributed by atoms with E-state index in [9.17, 15) is 19.8 Å². The number of aromatic amines is 1. The summed E-state index contributed by atoms with van der Waals surface area (Å²) in [5.41, 5.74) is -1.68. The van der Waals surface area contributed by atoms with Crippen LogP contribution in [-0.2, 0) is 11.3 Å². The van der Waals surface area contributed by atoms with Gasteiger partial charge in [0.1, 0.15) is 18.3 Å². The third-order valence-electron chi connectivity index (χ3n) is 3.00. The van der Waals surface area contributed by atoms with E-state index in [-0.39, 0.29) is 5.56 Å². The Labute approximate surface area is 106 Å². The van der Waals surface area contributed by atoms with Crippen molar-refractivity contribution in [2.75, 3.05) is 6.61 Å². The summed E-state index contributed by atoms with van der Waals surface area (Å²) < 4.78 is 6.01. The second kappa shape index (κ2) is 5.23. The molecule has 1 saturated heterocycles. The van der Waals surface area contributed by atoms with Crippen molar-refractivity contribution in [1.82, 2.24) is 9.55 Å². The second-order valence-electron chi connectivity index (χ2n) is 4.21. The molecule has 1 aromatic heterocycles. The summed E-state index contributed by atoms with van der Waals surface area (Å²) in [5, 5.41) is 37.3. The van der Waals surface area contributed by atoms with Crippen molar-refractivity contribution in [3.8, 4) is 0 Å². The first-order chi connectivity index (χ1) is 8.99. The van der Waals surface area contributed by atoms with Crippen molar-refractivity contribution in [1.29, 1.82) is 0 Å². The summed E-state index contributed by atoms with van der Waals surface area (Å²) in [4.78, 5) is 24.9. The maximum Gasteiger partial charge on any atom is 0.330 e. The van der Waals surface area contributed by atoms with Crippen LogP contribution in [0.5, 0.6) is 0 Å². The average molecular weight is 274 g/mol. The molecule has 5 N–H and O–H groups in total. The molecule has 0 aliphatic carbocycles. The highest BCUT2D eigenvalue weighted by Gasteiger charge is 2.43. The summed E-state index contributed by atoms with van der Waals surface area (Å²) in [7, 11) is 0. The number of nitrogens with zero attached hydrogens (tertiary/aromatic N) is 1. The van der Waals surface area contributed by atoms with Gasteiger partial charge in [0.2, 0.25) is 0 Å². The first-order valence-corrected chi connectivity index (χ1v) is 5.57. The minimum atomic E-state index is -1.44. The Balaban J connectivity index is 2.43. The number of nitrogens with one attached hydrogen (secondary N) is 1. The first kappa shape index (κ1) is 13.9. The second-order valence-corrected chi connectivity index (χ2v) is 4.21. The fourth-order valence-corrected chi connectivity index (χ4v) is 1.94. The minimum absolute atomic E-state index is 0.0858. The van der Waals surface area contributed by atoms with Crippen LogP contribution in [0, 0.1) is 0 Å². The number of hydrogen-bond donors (Lipinski definition) is 5. The molecule has 0 saturated carbocycles. The number of aromatic nitrogens is 2. The van der Waals surface area contributed by atoms with Gasteiger partial charge >= 0.3 is 5.69 Å². The molecule has 0 aromatic carbocycles. The van der Waals surface area contributed by atoms with Crippen molar-refractivity contribution in [2.24, 2.45) is 0 Å². The molecule has 0 spiro atoms. The smallest absolute Gasteiger partial charge is 0.330 e. The Bertz CT molecular complexity index is 566. The third-order valence-corrected chi connectivity index (χ3v) is 3.00. The van der Waals surface area contributed by atoms with Crippen LogP contribution in [0.2, 0.25) is 0 Å². The molecule has 9 nitrogen and oxygen atoms in total. The van der Waals surface area contributed by atoms with E-state index in [1.807, 2.05) is 4.98 Å². The van der Waals surface area contributed by atoms with Crippen molar-refractivity contribution < 1.29 is 25.2 Å². The topological polar surface area (TPSA) is 145 Å². The molecular formula is C10H14N2O7. The van der Waals surface area contributed by atoms with E-state index < -0.39 is 49.0 Å². The zero-order valence-electron chi connectivity index (χ0n) is 9.76. The summed E-state index contributed by atoms with van der Waals surface area (Å²) in [6, 6.07) is 0. The Morgan fingerprint density at radius 1 is 1.26 bits per heavy atom. The van der Waals surface area contributed by atoms with Gasteiger partial charge in [0.25, 0.3) is 5.56 Å². The van der Waals surface area contributed by atoms with Gasteiger partial charge in [-0.25, -0.2) is 4.79 Å². The Hall–Kier alpha value is -1.52. The number of hydrogen-bond acceptors (Lipinski definition) is 7. The highest BCUT2D eigenvalue weighted by Crippen LogP contribution is 2.27. The largest absolute Gasteiger partial charge is 0.394 e. The van der Waals surface area contributed by atoms with Gasteiger partial charge in [-0.1, -0.05) is 0 Å². The van der Waals surface area contributed by atoms with Crippen LogP contribution in [-0.4, -0.2) is 54.9 Å². The predicted octanol–water partition coefficient (Wildman–Crippen LogP) is -3.36. The van der Waals surface area contributed by atoms with E-state index in [0.29, 0.717) is 0 Å². The molecule has 4 atom stereocenters. The van der Waals surface area contributed by atoms with E-state index >= 15 is 0 Å². The fourth-order valence-electron chi connectivity index (χ4n) is 1.94. The molecule has 0 bridgehead atoms. The molecule has 0 radical (unpaired) electrons. The maximum atomic E-state index is 11.6. The summed E-state index contributed by atoms with van der Waals surface area (Å²) in [6.45, 7) is -1.12. The molecule has 2 unspecified atom stereocenters. The average Bonchev–Trinajstić information content (AvgIpc) is 2.67. The summed E-state index contributed by atoms with van der Waals surface area (Å²) in [5.74, 6) is 0. The van der Waals surface area contributed by atoms with Gasteiger partial charge in [-0.05, 0) is 0 Å². The minimum Gasteiger partial charge on any atom is -0.394 e. The van der Waals surface area contributed by atoms with Crippen LogP contribution in [0.15, 0.2) is 15.8 Å². The zero-order valence-corrected chi connectivity index (χ0v) is 9.76. The van der Waals surface area contributed by atoms with Gasteiger partial charge in [-0.3, -0.25) is 14.3 Å². The quantitative estimate of drug-likeness (QED) is 0.387. The number of aliphatic hydroxyl groups is 4. The van der Waals surface area contributed by atoms with E-state index in [4.69, 9.17) is 14.9 Å². The molecule has 0 amide bonds. The molecule has 19 heavy (non-hydrogen) atoms. The molecule has 1 aromatic rings.